The second-order valence-corrected chi connectivity index (χ2v) is 7.35. The SMILES string of the molecule is COC(=O)c1sc(-n2cnc3cc(Cl)c(Cl)cc32)cc1OCc1ccco1. The summed E-state index contributed by atoms with van der Waals surface area (Å²) in [6.07, 6.45) is 3.20. The van der Waals surface area contributed by atoms with Crippen LogP contribution >= 0.6 is 34.5 Å². The van der Waals surface area contributed by atoms with Crippen LogP contribution in [0.2, 0.25) is 10.0 Å². The number of imidazole rings is 1. The largest absolute Gasteiger partial charge is 0.484 e. The Morgan fingerprint density at radius 1 is 1.30 bits per heavy atom. The van der Waals surface area contributed by atoms with Crippen molar-refractivity contribution in [1.29, 1.82) is 0 Å². The van der Waals surface area contributed by atoms with E-state index >= 15 is 0 Å². The molecule has 6 nitrogen and oxygen atoms in total. The summed E-state index contributed by atoms with van der Waals surface area (Å²) >= 11 is 13.4. The van der Waals surface area contributed by atoms with Gasteiger partial charge in [-0.1, -0.05) is 23.2 Å². The highest BCUT2D eigenvalue weighted by Crippen LogP contribution is 2.36. The molecule has 0 spiro atoms. The first kappa shape index (κ1) is 17.9. The number of carbonyl (C=O) groups is 1. The minimum absolute atomic E-state index is 0.194. The van der Waals surface area contributed by atoms with Crippen LogP contribution in [-0.4, -0.2) is 22.6 Å². The Balaban J connectivity index is 1.75. The highest BCUT2D eigenvalue weighted by Gasteiger charge is 2.21. The number of carbonyl (C=O) groups excluding carboxylic acids is 1. The fourth-order valence-corrected chi connectivity index (χ4v) is 3.87. The molecule has 4 aromatic rings. The van der Waals surface area contributed by atoms with Crippen molar-refractivity contribution in [3.8, 4) is 10.8 Å². The summed E-state index contributed by atoms with van der Waals surface area (Å²) in [5.74, 6) is 0.569. The third-order valence-electron chi connectivity index (χ3n) is 3.83. The first-order chi connectivity index (χ1) is 13.1. The summed E-state index contributed by atoms with van der Waals surface area (Å²) in [6, 6.07) is 8.74. The number of fused-ring (bicyclic) bond motifs is 1. The lowest BCUT2D eigenvalue weighted by Gasteiger charge is -2.03. The van der Waals surface area contributed by atoms with E-state index in [1.54, 1.807) is 42.9 Å². The summed E-state index contributed by atoms with van der Waals surface area (Å²) in [7, 11) is 1.33. The van der Waals surface area contributed by atoms with Gasteiger partial charge in [0.1, 0.15) is 29.4 Å². The van der Waals surface area contributed by atoms with Gasteiger partial charge in [-0.05, 0) is 24.3 Å². The highest BCUT2D eigenvalue weighted by molar-refractivity contribution is 7.16. The monoisotopic (exact) mass is 422 g/mol. The van der Waals surface area contributed by atoms with Crippen LogP contribution in [0.1, 0.15) is 15.4 Å². The van der Waals surface area contributed by atoms with Crippen LogP contribution in [0, 0.1) is 0 Å². The second-order valence-electron chi connectivity index (χ2n) is 5.51. The molecule has 0 fully saturated rings. The molecular formula is C18H12Cl2N2O4S. The van der Waals surface area contributed by atoms with Gasteiger partial charge in [-0.3, -0.25) is 4.57 Å². The van der Waals surface area contributed by atoms with Gasteiger partial charge in [0, 0.05) is 6.07 Å². The molecule has 9 heteroatoms. The Bertz CT molecular complexity index is 1120. The normalized spacial score (nSPS) is 11.1. The van der Waals surface area contributed by atoms with Gasteiger partial charge in [0.25, 0.3) is 0 Å². The van der Waals surface area contributed by atoms with Crippen molar-refractivity contribution >= 4 is 51.5 Å². The zero-order chi connectivity index (χ0) is 19.0. The van der Waals surface area contributed by atoms with Gasteiger partial charge in [-0.2, -0.15) is 0 Å². The zero-order valence-electron chi connectivity index (χ0n) is 13.9. The Morgan fingerprint density at radius 2 is 2.11 bits per heavy atom. The summed E-state index contributed by atoms with van der Waals surface area (Å²) in [5, 5.41) is 1.58. The molecule has 4 rings (SSSR count). The molecular weight excluding hydrogens is 411 g/mol. The number of halogens is 2. The van der Waals surface area contributed by atoms with Gasteiger partial charge in [0.05, 0.1) is 34.5 Å². The third kappa shape index (κ3) is 3.41. The summed E-state index contributed by atoms with van der Waals surface area (Å²) in [5.41, 5.74) is 1.45. The van der Waals surface area contributed by atoms with Gasteiger partial charge < -0.3 is 13.9 Å². The van der Waals surface area contributed by atoms with E-state index in [0.29, 0.717) is 31.9 Å². The average molecular weight is 423 g/mol. The molecule has 0 saturated carbocycles. The molecule has 0 amide bonds. The Morgan fingerprint density at radius 3 is 2.85 bits per heavy atom. The van der Waals surface area contributed by atoms with Gasteiger partial charge in [-0.25, -0.2) is 9.78 Å². The number of esters is 1. The summed E-state index contributed by atoms with van der Waals surface area (Å²) in [4.78, 5) is 16.9. The first-order valence-electron chi connectivity index (χ1n) is 7.76. The van der Waals surface area contributed by atoms with Crippen molar-refractivity contribution in [3.63, 3.8) is 0 Å². The topological polar surface area (TPSA) is 66.5 Å². The maximum atomic E-state index is 12.2. The van der Waals surface area contributed by atoms with Crippen LogP contribution < -0.4 is 4.74 Å². The van der Waals surface area contributed by atoms with Crippen LogP contribution in [0.4, 0.5) is 0 Å². The van der Waals surface area contributed by atoms with Crippen LogP contribution in [0.3, 0.4) is 0 Å². The maximum Gasteiger partial charge on any atom is 0.351 e. The van der Waals surface area contributed by atoms with E-state index < -0.39 is 5.97 Å². The maximum absolute atomic E-state index is 12.2. The van der Waals surface area contributed by atoms with E-state index in [1.807, 2.05) is 4.57 Å². The Labute approximate surface area is 167 Å². The molecule has 0 unspecified atom stereocenters. The van der Waals surface area contributed by atoms with Gasteiger partial charge in [0.15, 0.2) is 4.88 Å². The van der Waals surface area contributed by atoms with Gasteiger partial charge in [0.2, 0.25) is 0 Å². The quantitative estimate of drug-likeness (QED) is 0.405. The van der Waals surface area contributed by atoms with Gasteiger partial charge >= 0.3 is 5.97 Å². The molecule has 0 N–H and O–H groups in total. The van der Waals surface area contributed by atoms with E-state index in [9.17, 15) is 4.79 Å². The minimum atomic E-state index is -0.480. The molecule has 1 aromatic carbocycles. The number of hydrogen-bond donors (Lipinski definition) is 0. The fourth-order valence-electron chi connectivity index (χ4n) is 2.55. The van der Waals surface area contributed by atoms with Crippen LogP contribution in [0.15, 0.2) is 47.3 Å². The van der Waals surface area contributed by atoms with Crippen molar-refractivity contribution < 1.29 is 18.7 Å². The second kappa shape index (κ2) is 7.26. The fraction of sp³-hybridized carbons (Fsp3) is 0.111. The van der Waals surface area contributed by atoms with Crippen molar-refractivity contribution in [2.24, 2.45) is 0 Å². The lowest BCUT2D eigenvalue weighted by Crippen LogP contribution is -2.02. The number of thiophene rings is 1. The number of furan rings is 1. The number of hydrogen-bond acceptors (Lipinski definition) is 6. The van der Waals surface area contributed by atoms with Crippen molar-refractivity contribution in [3.05, 3.63) is 63.6 Å². The smallest absolute Gasteiger partial charge is 0.351 e. The number of rotatable bonds is 5. The molecule has 3 heterocycles. The highest BCUT2D eigenvalue weighted by atomic mass is 35.5. The summed E-state index contributed by atoms with van der Waals surface area (Å²) < 4.78 is 17.7. The van der Waals surface area contributed by atoms with E-state index in [1.165, 1.54) is 18.4 Å². The molecule has 0 atom stereocenters. The standard InChI is InChI=1S/C18H12Cl2N2O4S/c1-24-18(23)17-15(26-8-10-3-2-4-25-10)7-16(27-17)22-9-21-13-5-11(19)12(20)6-14(13)22/h2-7,9H,8H2,1H3. The number of benzene rings is 1. The average Bonchev–Trinajstić information content (AvgIpc) is 3.39. The lowest BCUT2D eigenvalue weighted by atomic mass is 10.3. The number of aromatic nitrogens is 2. The lowest BCUT2D eigenvalue weighted by molar-refractivity contribution is 0.0601. The first-order valence-corrected chi connectivity index (χ1v) is 9.34. The van der Waals surface area contributed by atoms with Crippen LogP contribution in [0.5, 0.6) is 5.75 Å². The third-order valence-corrected chi connectivity index (χ3v) is 5.65. The van der Waals surface area contributed by atoms with E-state index in [2.05, 4.69) is 4.98 Å². The Kier molecular flexibility index (Phi) is 4.82. The molecule has 0 saturated heterocycles. The van der Waals surface area contributed by atoms with E-state index in [0.717, 1.165) is 10.5 Å². The minimum Gasteiger partial charge on any atom is -0.484 e. The predicted molar refractivity (Wildman–Crippen MR) is 103 cm³/mol. The molecule has 0 aliphatic carbocycles. The van der Waals surface area contributed by atoms with Crippen LogP contribution in [0.25, 0.3) is 16.0 Å². The van der Waals surface area contributed by atoms with Crippen molar-refractivity contribution in [2.45, 2.75) is 6.61 Å². The molecule has 138 valence electrons. The van der Waals surface area contributed by atoms with E-state index in [4.69, 9.17) is 37.1 Å². The molecule has 0 aliphatic heterocycles. The number of ether oxygens (including phenoxy) is 2. The number of methoxy groups -OCH3 is 1. The predicted octanol–water partition coefficient (Wildman–Crippen LogP) is 5.35. The van der Waals surface area contributed by atoms with Gasteiger partial charge in [-0.15, -0.1) is 11.3 Å². The molecule has 0 bridgehead atoms. The zero-order valence-corrected chi connectivity index (χ0v) is 16.3. The molecule has 0 radical (unpaired) electrons. The van der Waals surface area contributed by atoms with Crippen molar-refractivity contribution in [1.82, 2.24) is 9.55 Å². The van der Waals surface area contributed by atoms with Crippen LogP contribution in [-0.2, 0) is 11.3 Å². The molecule has 0 aliphatic rings. The Hall–Kier alpha value is -2.48. The molecule has 3 aromatic heterocycles. The molecule has 27 heavy (non-hydrogen) atoms. The number of nitrogens with zero attached hydrogens (tertiary/aromatic N) is 2. The summed E-state index contributed by atoms with van der Waals surface area (Å²) in [6.45, 7) is 0.194. The van der Waals surface area contributed by atoms with Crippen molar-refractivity contribution in [2.75, 3.05) is 7.11 Å². The van der Waals surface area contributed by atoms with E-state index in [-0.39, 0.29) is 6.61 Å².